The molecule has 98 valence electrons. The maximum absolute atomic E-state index is 6.31. The molecule has 1 atom stereocenters. The lowest BCUT2D eigenvalue weighted by Gasteiger charge is -2.15. The number of halogens is 1. The predicted molar refractivity (Wildman–Crippen MR) is 75.7 cm³/mol. The molecule has 18 heavy (non-hydrogen) atoms. The molecule has 4 nitrogen and oxygen atoms in total. The quantitative estimate of drug-likeness (QED) is 0.656. The topological polar surface area (TPSA) is 55.9 Å². The molecular weight excluding hydrogens is 268 g/mol. The summed E-state index contributed by atoms with van der Waals surface area (Å²) in [7, 11) is 0. The van der Waals surface area contributed by atoms with Crippen LogP contribution < -0.4 is 11.3 Å². The maximum Gasteiger partial charge on any atom is 0.0847 e. The van der Waals surface area contributed by atoms with Crippen molar-refractivity contribution >= 4 is 22.9 Å². The number of hydrogen-bond donors (Lipinski definition) is 2. The smallest absolute Gasteiger partial charge is 0.0847 e. The molecule has 0 fully saturated rings. The first-order valence-electron chi connectivity index (χ1n) is 5.87. The number of nitrogens with two attached hydrogens (primary N) is 1. The Bertz CT molecular complexity index is 506. The lowest BCUT2D eigenvalue weighted by molar-refractivity contribution is 0.518. The molecule has 0 bridgehead atoms. The van der Waals surface area contributed by atoms with E-state index < -0.39 is 0 Å². The number of rotatable bonds is 5. The van der Waals surface area contributed by atoms with Crippen molar-refractivity contribution in [1.82, 2.24) is 15.2 Å². The Morgan fingerprint density at radius 3 is 2.94 bits per heavy atom. The van der Waals surface area contributed by atoms with Gasteiger partial charge in [0.25, 0.3) is 0 Å². The molecule has 2 rings (SSSR count). The summed E-state index contributed by atoms with van der Waals surface area (Å²) in [6.07, 6.45) is 0.737. The highest BCUT2D eigenvalue weighted by atomic mass is 35.5. The molecule has 0 spiro atoms. The zero-order valence-electron chi connectivity index (χ0n) is 10.5. The van der Waals surface area contributed by atoms with Crippen molar-refractivity contribution in [3.8, 4) is 0 Å². The molecule has 2 aromatic heterocycles. The lowest BCUT2D eigenvalue weighted by Crippen LogP contribution is -2.30. The van der Waals surface area contributed by atoms with Gasteiger partial charge < -0.3 is 0 Å². The predicted octanol–water partition coefficient (Wildman–Crippen LogP) is 2.67. The van der Waals surface area contributed by atoms with E-state index in [0.29, 0.717) is 0 Å². The molecule has 0 saturated carbocycles. The van der Waals surface area contributed by atoms with Gasteiger partial charge in [0.15, 0.2) is 0 Å². The van der Waals surface area contributed by atoms with Gasteiger partial charge >= 0.3 is 0 Å². The van der Waals surface area contributed by atoms with E-state index in [4.69, 9.17) is 17.4 Å². The van der Waals surface area contributed by atoms with Gasteiger partial charge in [-0.1, -0.05) is 11.6 Å². The van der Waals surface area contributed by atoms with Crippen molar-refractivity contribution in [2.24, 2.45) is 5.84 Å². The Balaban J connectivity index is 2.27. The summed E-state index contributed by atoms with van der Waals surface area (Å²) < 4.78 is 1.94. The maximum atomic E-state index is 6.31. The van der Waals surface area contributed by atoms with Gasteiger partial charge in [-0.3, -0.25) is 16.0 Å². The Labute approximate surface area is 116 Å². The van der Waals surface area contributed by atoms with Gasteiger partial charge in [-0.25, -0.2) is 0 Å². The highest BCUT2D eigenvalue weighted by molar-refractivity contribution is 7.07. The molecule has 6 heteroatoms. The molecule has 0 radical (unpaired) electrons. The number of nitrogens with zero attached hydrogens (tertiary/aromatic N) is 2. The van der Waals surface area contributed by atoms with Crippen LogP contribution in [0.15, 0.2) is 16.8 Å². The highest BCUT2D eigenvalue weighted by Crippen LogP contribution is 2.26. The number of nitrogens with one attached hydrogen (secondary N) is 1. The molecule has 1 unspecified atom stereocenters. The summed E-state index contributed by atoms with van der Waals surface area (Å²) in [5.74, 6) is 5.64. The summed E-state index contributed by atoms with van der Waals surface area (Å²) in [5.41, 5.74) is 5.93. The fourth-order valence-electron chi connectivity index (χ4n) is 2.00. The molecule has 0 aromatic carbocycles. The summed E-state index contributed by atoms with van der Waals surface area (Å²) in [5, 5.41) is 9.30. The standard InChI is InChI=1S/C12H17ClN4S/c1-3-17-11(12(13)8(2)16-17)6-10(15-14)9-4-5-18-7-9/h4-5,7,10,15H,3,6,14H2,1-2H3. The molecule has 2 heterocycles. The van der Waals surface area contributed by atoms with Crippen molar-refractivity contribution < 1.29 is 0 Å². The Hall–Kier alpha value is -0.880. The third-order valence-electron chi connectivity index (χ3n) is 3.00. The van der Waals surface area contributed by atoms with Crippen LogP contribution in [0.3, 0.4) is 0 Å². The van der Waals surface area contributed by atoms with Crippen LogP contribution in [0.2, 0.25) is 5.02 Å². The molecule has 0 aliphatic heterocycles. The molecular formula is C12H17ClN4S. The molecule has 0 aliphatic carbocycles. The Morgan fingerprint density at radius 1 is 1.61 bits per heavy atom. The number of hydrogen-bond acceptors (Lipinski definition) is 4. The van der Waals surface area contributed by atoms with Crippen molar-refractivity contribution in [2.75, 3.05) is 0 Å². The van der Waals surface area contributed by atoms with Gasteiger partial charge in [-0.2, -0.15) is 16.4 Å². The van der Waals surface area contributed by atoms with Crippen LogP contribution in [0.25, 0.3) is 0 Å². The van der Waals surface area contributed by atoms with Crippen LogP contribution in [0.5, 0.6) is 0 Å². The minimum absolute atomic E-state index is 0.0650. The van der Waals surface area contributed by atoms with Crippen molar-refractivity contribution in [2.45, 2.75) is 32.9 Å². The monoisotopic (exact) mass is 284 g/mol. The normalized spacial score (nSPS) is 12.9. The van der Waals surface area contributed by atoms with Gasteiger partial charge in [-0.05, 0) is 36.2 Å². The van der Waals surface area contributed by atoms with Crippen LogP contribution in [0.1, 0.15) is 29.9 Å². The fourth-order valence-corrected chi connectivity index (χ4v) is 2.93. The SMILES string of the molecule is CCn1nc(C)c(Cl)c1CC(NN)c1ccsc1. The number of aryl methyl sites for hydroxylation is 2. The van der Waals surface area contributed by atoms with E-state index >= 15 is 0 Å². The molecule has 3 N–H and O–H groups in total. The molecule has 0 aliphatic rings. The molecule has 0 saturated heterocycles. The Kier molecular flexibility index (Phi) is 4.40. The number of aromatic nitrogens is 2. The third-order valence-corrected chi connectivity index (χ3v) is 4.19. The van der Waals surface area contributed by atoms with Crippen molar-refractivity contribution in [3.63, 3.8) is 0 Å². The second kappa shape index (κ2) is 5.84. The minimum Gasteiger partial charge on any atom is -0.271 e. The van der Waals surface area contributed by atoms with Crippen molar-refractivity contribution in [1.29, 1.82) is 0 Å². The first kappa shape index (κ1) is 13.5. The van der Waals surface area contributed by atoms with E-state index in [0.717, 1.165) is 29.4 Å². The van der Waals surface area contributed by atoms with Crippen LogP contribution in [-0.4, -0.2) is 9.78 Å². The van der Waals surface area contributed by atoms with E-state index in [1.807, 2.05) is 17.0 Å². The fraction of sp³-hybridized carbons (Fsp3) is 0.417. The van der Waals surface area contributed by atoms with Gasteiger partial charge in [-0.15, -0.1) is 0 Å². The first-order chi connectivity index (χ1) is 8.67. The van der Waals surface area contributed by atoms with Gasteiger partial charge in [0, 0.05) is 13.0 Å². The van der Waals surface area contributed by atoms with E-state index in [2.05, 4.69) is 28.9 Å². The highest BCUT2D eigenvalue weighted by Gasteiger charge is 2.18. The summed E-state index contributed by atoms with van der Waals surface area (Å²) >= 11 is 7.97. The van der Waals surface area contributed by atoms with E-state index in [9.17, 15) is 0 Å². The minimum atomic E-state index is 0.0650. The van der Waals surface area contributed by atoms with Crippen LogP contribution in [0.4, 0.5) is 0 Å². The second-order valence-electron chi connectivity index (χ2n) is 4.14. The van der Waals surface area contributed by atoms with Crippen LogP contribution in [0, 0.1) is 6.92 Å². The van der Waals surface area contributed by atoms with E-state index in [-0.39, 0.29) is 6.04 Å². The second-order valence-corrected chi connectivity index (χ2v) is 5.30. The summed E-state index contributed by atoms with van der Waals surface area (Å²) in [6, 6.07) is 2.14. The van der Waals surface area contributed by atoms with Crippen LogP contribution in [-0.2, 0) is 13.0 Å². The van der Waals surface area contributed by atoms with E-state index in [1.54, 1.807) is 11.3 Å². The zero-order chi connectivity index (χ0) is 13.1. The summed E-state index contributed by atoms with van der Waals surface area (Å²) in [4.78, 5) is 0. The van der Waals surface area contributed by atoms with Gasteiger partial charge in [0.2, 0.25) is 0 Å². The summed E-state index contributed by atoms with van der Waals surface area (Å²) in [6.45, 7) is 4.79. The lowest BCUT2D eigenvalue weighted by atomic mass is 10.1. The average Bonchev–Trinajstić information content (AvgIpc) is 2.98. The average molecular weight is 285 g/mol. The first-order valence-corrected chi connectivity index (χ1v) is 7.19. The van der Waals surface area contributed by atoms with E-state index in [1.165, 1.54) is 5.56 Å². The molecule has 2 aromatic rings. The van der Waals surface area contributed by atoms with Gasteiger partial charge in [0.1, 0.15) is 0 Å². The zero-order valence-corrected chi connectivity index (χ0v) is 12.1. The van der Waals surface area contributed by atoms with Crippen molar-refractivity contribution in [3.05, 3.63) is 38.8 Å². The Morgan fingerprint density at radius 2 is 2.39 bits per heavy atom. The number of hydrazine groups is 1. The van der Waals surface area contributed by atoms with Crippen LogP contribution >= 0.6 is 22.9 Å². The third kappa shape index (κ3) is 2.59. The largest absolute Gasteiger partial charge is 0.271 e. The molecule has 0 amide bonds. The van der Waals surface area contributed by atoms with Gasteiger partial charge in [0.05, 0.1) is 22.5 Å². The number of thiophene rings is 1.